The maximum Gasteiger partial charge on any atom is 0.224 e. The highest BCUT2D eigenvalue weighted by atomic mass is 32.2. The zero-order chi connectivity index (χ0) is 13.6. The first-order valence-corrected chi connectivity index (χ1v) is 7.00. The predicted molar refractivity (Wildman–Crippen MR) is 75.5 cm³/mol. The smallest absolute Gasteiger partial charge is 0.224 e. The molecule has 0 atom stereocenters. The summed E-state index contributed by atoms with van der Waals surface area (Å²) in [6.45, 7) is 4.85. The normalized spacial score (nSPS) is 10.8. The Bertz CT molecular complexity index is 446. The van der Waals surface area contributed by atoms with Gasteiger partial charge in [-0.2, -0.15) is 17.0 Å². The first-order valence-electron chi connectivity index (χ1n) is 5.78. The van der Waals surface area contributed by atoms with E-state index >= 15 is 0 Å². The molecule has 0 aliphatic carbocycles. The van der Waals surface area contributed by atoms with Crippen LogP contribution in [0, 0.1) is 11.3 Å². The lowest BCUT2D eigenvalue weighted by Crippen LogP contribution is -2.36. The Morgan fingerprint density at radius 2 is 2.00 bits per heavy atom. The van der Waals surface area contributed by atoms with Crippen molar-refractivity contribution in [1.82, 2.24) is 5.32 Å². The zero-order valence-corrected chi connectivity index (χ0v) is 11.8. The van der Waals surface area contributed by atoms with Crippen LogP contribution >= 0.6 is 11.8 Å². The summed E-state index contributed by atoms with van der Waals surface area (Å²) >= 11 is 1.73. The summed E-state index contributed by atoms with van der Waals surface area (Å²) in [7, 11) is 0. The summed E-state index contributed by atoms with van der Waals surface area (Å²) in [5.74, 6) is 0.0156. The average Bonchev–Trinajstić information content (AvgIpc) is 2.37. The van der Waals surface area contributed by atoms with E-state index in [-0.39, 0.29) is 10.7 Å². The Hall–Kier alpha value is -1.47. The second kappa shape index (κ2) is 6.46. The minimum atomic E-state index is 0.0156. The molecule has 3 nitrogen and oxygen atoms in total. The molecule has 96 valence electrons. The third kappa shape index (κ3) is 4.80. The standard InChI is InChI=1S/C14H18N2OS/c1-14(2,18-3)10-16-13(17)8-11-4-6-12(9-15)7-5-11/h4-7H,8,10H2,1-3H3,(H,16,17). The highest BCUT2D eigenvalue weighted by Crippen LogP contribution is 2.19. The number of carbonyl (C=O) groups excluding carboxylic acids is 1. The van der Waals surface area contributed by atoms with Crippen LogP contribution < -0.4 is 5.32 Å². The third-order valence-electron chi connectivity index (χ3n) is 2.71. The van der Waals surface area contributed by atoms with Gasteiger partial charge >= 0.3 is 0 Å². The molecule has 18 heavy (non-hydrogen) atoms. The zero-order valence-electron chi connectivity index (χ0n) is 11.0. The molecule has 0 fully saturated rings. The van der Waals surface area contributed by atoms with Gasteiger partial charge in [0.2, 0.25) is 5.91 Å². The van der Waals surface area contributed by atoms with Gasteiger partial charge in [-0.1, -0.05) is 12.1 Å². The average molecular weight is 262 g/mol. The first-order chi connectivity index (χ1) is 8.46. The summed E-state index contributed by atoms with van der Waals surface area (Å²) in [5.41, 5.74) is 1.54. The molecule has 1 aromatic rings. The van der Waals surface area contributed by atoms with E-state index in [1.807, 2.05) is 18.4 Å². The molecule has 4 heteroatoms. The molecule has 0 aromatic heterocycles. The summed E-state index contributed by atoms with van der Waals surface area (Å²) in [6, 6.07) is 9.15. The van der Waals surface area contributed by atoms with Crippen LogP contribution in [0.25, 0.3) is 0 Å². The molecular formula is C14H18N2OS. The van der Waals surface area contributed by atoms with Crippen molar-refractivity contribution in [2.75, 3.05) is 12.8 Å². The van der Waals surface area contributed by atoms with Crippen LogP contribution in [0.5, 0.6) is 0 Å². The van der Waals surface area contributed by atoms with Gasteiger partial charge in [0.1, 0.15) is 0 Å². The number of thioether (sulfide) groups is 1. The van der Waals surface area contributed by atoms with Gasteiger partial charge in [0.15, 0.2) is 0 Å². The van der Waals surface area contributed by atoms with Crippen molar-refractivity contribution in [2.45, 2.75) is 25.0 Å². The van der Waals surface area contributed by atoms with Crippen LogP contribution in [-0.2, 0) is 11.2 Å². The number of hydrogen-bond acceptors (Lipinski definition) is 3. The van der Waals surface area contributed by atoms with Gasteiger partial charge in [0, 0.05) is 11.3 Å². The molecule has 0 saturated carbocycles. The number of benzene rings is 1. The Balaban J connectivity index is 2.47. The number of nitriles is 1. The van der Waals surface area contributed by atoms with Crippen molar-refractivity contribution in [3.8, 4) is 6.07 Å². The van der Waals surface area contributed by atoms with Gasteiger partial charge in [0.05, 0.1) is 18.1 Å². The minimum Gasteiger partial charge on any atom is -0.354 e. The Kier molecular flexibility index (Phi) is 5.24. The maximum absolute atomic E-state index is 11.7. The predicted octanol–water partition coefficient (Wildman–Crippen LogP) is 2.36. The van der Waals surface area contributed by atoms with Gasteiger partial charge in [-0.15, -0.1) is 0 Å². The highest BCUT2D eigenvalue weighted by Gasteiger charge is 2.16. The molecule has 0 radical (unpaired) electrons. The SMILES string of the molecule is CSC(C)(C)CNC(=O)Cc1ccc(C#N)cc1. The van der Waals surface area contributed by atoms with Crippen LogP contribution in [0.1, 0.15) is 25.0 Å². The summed E-state index contributed by atoms with van der Waals surface area (Å²) in [6.07, 6.45) is 2.39. The lowest BCUT2D eigenvalue weighted by atomic mass is 10.1. The molecule has 0 aliphatic heterocycles. The number of nitrogens with zero attached hydrogens (tertiary/aromatic N) is 1. The monoisotopic (exact) mass is 262 g/mol. The second-order valence-electron chi connectivity index (χ2n) is 4.73. The topological polar surface area (TPSA) is 52.9 Å². The molecule has 1 rings (SSSR count). The van der Waals surface area contributed by atoms with Crippen LogP contribution in [0.3, 0.4) is 0 Å². The fourth-order valence-corrected chi connectivity index (χ4v) is 1.55. The number of amides is 1. The largest absolute Gasteiger partial charge is 0.354 e. The van der Waals surface area contributed by atoms with Crippen molar-refractivity contribution < 1.29 is 4.79 Å². The lowest BCUT2D eigenvalue weighted by molar-refractivity contribution is -0.120. The molecule has 0 bridgehead atoms. The summed E-state index contributed by atoms with van der Waals surface area (Å²) in [5, 5.41) is 11.6. The Labute approximate surface area is 113 Å². The molecular weight excluding hydrogens is 244 g/mol. The van der Waals surface area contributed by atoms with Crippen LogP contribution in [0.2, 0.25) is 0 Å². The molecule has 1 amide bonds. The lowest BCUT2D eigenvalue weighted by Gasteiger charge is -2.22. The summed E-state index contributed by atoms with van der Waals surface area (Å²) in [4.78, 5) is 11.7. The van der Waals surface area contributed by atoms with Crippen LogP contribution in [0.4, 0.5) is 0 Å². The molecule has 1 N–H and O–H groups in total. The maximum atomic E-state index is 11.7. The molecule has 0 heterocycles. The van der Waals surface area contributed by atoms with E-state index in [2.05, 4.69) is 25.2 Å². The third-order valence-corrected chi connectivity index (χ3v) is 3.96. The van der Waals surface area contributed by atoms with Crippen LogP contribution in [-0.4, -0.2) is 23.5 Å². The van der Waals surface area contributed by atoms with Gasteiger partial charge < -0.3 is 5.32 Å². The quantitative estimate of drug-likeness (QED) is 0.886. The molecule has 0 aliphatic rings. The van der Waals surface area contributed by atoms with E-state index in [1.165, 1.54) is 0 Å². The minimum absolute atomic E-state index is 0.0156. The van der Waals surface area contributed by atoms with Crippen molar-refractivity contribution in [3.05, 3.63) is 35.4 Å². The van der Waals surface area contributed by atoms with Gasteiger partial charge in [-0.05, 0) is 37.8 Å². The summed E-state index contributed by atoms with van der Waals surface area (Å²) < 4.78 is 0.0559. The molecule has 0 spiro atoms. The fourth-order valence-electron chi connectivity index (χ4n) is 1.33. The number of carbonyl (C=O) groups is 1. The fraction of sp³-hybridized carbons (Fsp3) is 0.429. The van der Waals surface area contributed by atoms with Gasteiger partial charge in [-0.3, -0.25) is 4.79 Å². The Morgan fingerprint density at radius 1 is 1.39 bits per heavy atom. The highest BCUT2D eigenvalue weighted by molar-refractivity contribution is 7.99. The van der Waals surface area contributed by atoms with E-state index in [0.29, 0.717) is 18.5 Å². The van der Waals surface area contributed by atoms with E-state index in [1.54, 1.807) is 23.9 Å². The molecule has 0 unspecified atom stereocenters. The second-order valence-corrected chi connectivity index (χ2v) is 6.24. The van der Waals surface area contributed by atoms with Crippen molar-refractivity contribution >= 4 is 17.7 Å². The number of rotatable bonds is 5. The number of hydrogen-bond donors (Lipinski definition) is 1. The van der Waals surface area contributed by atoms with Crippen molar-refractivity contribution in [1.29, 1.82) is 5.26 Å². The van der Waals surface area contributed by atoms with E-state index in [0.717, 1.165) is 5.56 Å². The van der Waals surface area contributed by atoms with Crippen molar-refractivity contribution in [3.63, 3.8) is 0 Å². The Morgan fingerprint density at radius 3 is 2.50 bits per heavy atom. The van der Waals surface area contributed by atoms with E-state index < -0.39 is 0 Å². The van der Waals surface area contributed by atoms with E-state index in [4.69, 9.17) is 5.26 Å². The number of nitrogens with one attached hydrogen (secondary N) is 1. The molecule has 1 aromatic carbocycles. The first kappa shape index (κ1) is 14.6. The van der Waals surface area contributed by atoms with Gasteiger partial charge in [-0.25, -0.2) is 0 Å². The molecule has 0 saturated heterocycles. The van der Waals surface area contributed by atoms with Crippen molar-refractivity contribution in [2.24, 2.45) is 0 Å². The van der Waals surface area contributed by atoms with E-state index in [9.17, 15) is 4.79 Å². The van der Waals surface area contributed by atoms with Gasteiger partial charge in [0.25, 0.3) is 0 Å². The van der Waals surface area contributed by atoms with Crippen LogP contribution in [0.15, 0.2) is 24.3 Å².